The lowest BCUT2D eigenvalue weighted by molar-refractivity contribution is -0.384. The number of anilines is 1. The number of nitrogens with one attached hydrogen (secondary N) is 1. The summed E-state index contributed by atoms with van der Waals surface area (Å²) in [5.41, 5.74) is 1.73. The molecule has 118 valence electrons. The third kappa shape index (κ3) is 4.57. The summed E-state index contributed by atoms with van der Waals surface area (Å²) in [6.45, 7) is 0. The zero-order valence-electron chi connectivity index (χ0n) is 12.2. The highest BCUT2D eigenvalue weighted by Crippen LogP contribution is 2.24. The van der Waals surface area contributed by atoms with Crippen LogP contribution in [-0.2, 0) is 0 Å². The van der Waals surface area contributed by atoms with E-state index in [0.29, 0.717) is 17.0 Å². The van der Waals surface area contributed by atoms with Crippen LogP contribution >= 0.6 is 0 Å². The van der Waals surface area contributed by atoms with Crippen LogP contribution in [0, 0.1) is 10.1 Å². The topological polar surface area (TPSA) is 102 Å². The van der Waals surface area contributed by atoms with Crippen molar-refractivity contribution in [2.45, 2.75) is 0 Å². The van der Waals surface area contributed by atoms with Crippen LogP contribution in [0.1, 0.15) is 11.1 Å². The normalized spacial score (nSPS) is 10.5. The first kappa shape index (κ1) is 16.0. The van der Waals surface area contributed by atoms with E-state index in [9.17, 15) is 14.9 Å². The SMILES string of the molecule is COc1cc(/C=C/c2cccc(NC(=O)O)c2)cc([N+](=O)[O-])c1. The summed E-state index contributed by atoms with van der Waals surface area (Å²) >= 11 is 0. The number of ether oxygens (including phenoxy) is 1. The minimum atomic E-state index is -1.14. The highest BCUT2D eigenvalue weighted by Gasteiger charge is 2.08. The van der Waals surface area contributed by atoms with Crippen LogP contribution in [0.5, 0.6) is 5.75 Å². The Morgan fingerprint density at radius 2 is 1.96 bits per heavy atom. The molecule has 0 aliphatic carbocycles. The average Bonchev–Trinajstić information content (AvgIpc) is 2.52. The number of hydrogen-bond acceptors (Lipinski definition) is 4. The second-order valence-electron chi connectivity index (χ2n) is 4.61. The molecule has 1 amide bonds. The van der Waals surface area contributed by atoms with Gasteiger partial charge < -0.3 is 9.84 Å². The van der Waals surface area contributed by atoms with E-state index in [1.165, 1.54) is 19.2 Å². The molecule has 2 N–H and O–H groups in total. The number of carboxylic acid groups (broad SMARTS) is 1. The number of nitro groups is 1. The molecular weight excluding hydrogens is 300 g/mol. The number of hydrogen-bond donors (Lipinski definition) is 2. The smallest absolute Gasteiger partial charge is 0.409 e. The van der Waals surface area contributed by atoms with E-state index in [4.69, 9.17) is 9.84 Å². The standard InChI is InChI=1S/C16H14N2O5/c1-23-15-9-12(8-14(10-15)18(21)22)6-5-11-3-2-4-13(7-11)17-16(19)20/h2-10,17H,1H3,(H,19,20)/b6-5+. The van der Waals surface area contributed by atoms with Crippen molar-refractivity contribution in [2.75, 3.05) is 12.4 Å². The first-order chi connectivity index (χ1) is 11.0. The first-order valence-corrected chi connectivity index (χ1v) is 6.59. The Morgan fingerprint density at radius 1 is 1.22 bits per heavy atom. The predicted octanol–water partition coefficient (Wildman–Crippen LogP) is 3.86. The highest BCUT2D eigenvalue weighted by atomic mass is 16.6. The quantitative estimate of drug-likeness (QED) is 0.495. The number of methoxy groups -OCH3 is 1. The van der Waals surface area contributed by atoms with Gasteiger partial charge in [-0.25, -0.2) is 4.79 Å². The average molecular weight is 314 g/mol. The molecule has 0 bridgehead atoms. The molecule has 0 aliphatic rings. The number of rotatable bonds is 5. The largest absolute Gasteiger partial charge is 0.496 e. The fraction of sp³-hybridized carbons (Fsp3) is 0.0625. The fourth-order valence-corrected chi connectivity index (χ4v) is 1.96. The van der Waals surface area contributed by atoms with Gasteiger partial charge in [-0.3, -0.25) is 15.4 Å². The Balaban J connectivity index is 2.27. The monoisotopic (exact) mass is 314 g/mol. The van der Waals surface area contributed by atoms with E-state index in [-0.39, 0.29) is 5.69 Å². The van der Waals surface area contributed by atoms with Crippen molar-refractivity contribution >= 4 is 29.6 Å². The van der Waals surface area contributed by atoms with Gasteiger partial charge in [-0.2, -0.15) is 0 Å². The maximum Gasteiger partial charge on any atom is 0.409 e. The summed E-state index contributed by atoms with van der Waals surface area (Å²) in [6, 6.07) is 11.2. The fourth-order valence-electron chi connectivity index (χ4n) is 1.96. The molecule has 23 heavy (non-hydrogen) atoms. The van der Waals surface area contributed by atoms with Gasteiger partial charge in [0.25, 0.3) is 5.69 Å². The Bertz CT molecular complexity index is 771. The number of non-ortho nitro benzene ring substituents is 1. The molecule has 0 fully saturated rings. The number of nitrogens with zero attached hydrogens (tertiary/aromatic N) is 1. The lowest BCUT2D eigenvalue weighted by Crippen LogP contribution is -2.06. The van der Waals surface area contributed by atoms with E-state index in [1.54, 1.807) is 42.5 Å². The zero-order chi connectivity index (χ0) is 16.8. The second kappa shape index (κ2) is 7.08. The van der Waals surface area contributed by atoms with Gasteiger partial charge >= 0.3 is 6.09 Å². The maximum absolute atomic E-state index is 10.9. The van der Waals surface area contributed by atoms with Crippen molar-refractivity contribution in [3.8, 4) is 5.75 Å². The van der Waals surface area contributed by atoms with Crippen LogP contribution < -0.4 is 10.1 Å². The van der Waals surface area contributed by atoms with Crippen molar-refractivity contribution in [3.63, 3.8) is 0 Å². The van der Waals surface area contributed by atoms with E-state index in [0.717, 1.165) is 5.56 Å². The van der Waals surface area contributed by atoms with Crippen molar-refractivity contribution in [2.24, 2.45) is 0 Å². The summed E-state index contributed by atoms with van der Waals surface area (Å²) in [5, 5.41) is 21.9. The molecule has 0 atom stereocenters. The third-order valence-electron chi connectivity index (χ3n) is 2.97. The van der Waals surface area contributed by atoms with Crippen LogP contribution in [0.4, 0.5) is 16.2 Å². The van der Waals surface area contributed by atoms with Crippen molar-refractivity contribution in [3.05, 3.63) is 63.7 Å². The van der Waals surface area contributed by atoms with Crippen LogP contribution in [0.2, 0.25) is 0 Å². The van der Waals surface area contributed by atoms with Crippen LogP contribution in [-0.4, -0.2) is 23.2 Å². The predicted molar refractivity (Wildman–Crippen MR) is 86.7 cm³/mol. The maximum atomic E-state index is 10.9. The summed E-state index contributed by atoms with van der Waals surface area (Å²) in [6.07, 6.45) is 2.27. The molecule has 7 heteroatoms. The van der Waals surface area contributed by atoms with Gasteiger partial charge in [0.2, 0.25) is 0 Å². The minimum absolute atomic E-state index is 0.0645. The molecule has 0 saturated carbocycles. The molecule has 7 nitrogen and oxygen atoms in total. The molecule has 0 spiro atoms. The molecule has 0 saturated heterocycles. The molecule has 0 unspecified atom stereocenters. The minimum Gasteiger partial charge on any atom is -0.496 e. The Hall–Kier alpha value is -3.35. The Labute approximate surface area is 132 Å². The van der Waals surface area contributed by atoms with E-state index < -0.39 is 11.0 Å². The number of nitro benzene ring substituents is 1. The van der Waals surface area contributed by atoms with E-state index >= 15 is 0 Å². The molecule has 2 aromatic rings. The first-order valence-electron chi connectivity index (χ1n) is 6.59. The van der Waals surface area contributed by atoms with Gasteiger partial charge in [0.05, 0.1) is 18.1 Å². The Kier molecular flexibility index (Phi) is 4.93. The van der Waals surface area contributed by atoms with Crippen LogP contribution in [0.15, 0.2) is 42.5 Å². The molecule has 2 rings (SSSR count). The van der Waals surface area contributed by atoms with Crippen LogP contribution in [0.3, 0.4) is 0 Å². The van der Waals surface area contributed by atoms with Gasteiger partial charge in [0, 0.05) is 11.8 Å². The molecule has 0 heterocycles. The van der Waals surface area contributed by atoms with Gasteiger partial charge in [-0.15, -0.1) is 0 Å². The molecule has 0 radical (unpaired) electrons. The van der Waals surface area contributed by atoms with E-state index in [2.05, 4.69) is 5.32 Å². The molecule has 0 aliphatic heterocycles. The van der Waals surface area contributed by atoms with Crippen molar-refractivity contribution in [1.29, 1.82) is 0 Å². The third-order valence-corrected chi connectivity index (χ3v) is 2.97. The van der Waals surface area contributed by atoms with Gasteiger partial charge in [0.1, 0.15) is 5.75 Å². The van der Waals surface area contributed by atoms with Crippen molar-refractivity contribution in [1.82, 2.24) is 0 Å². The summed E-state index contributed by atoms with van der Waals surface area (Å²) < 4.78 is 5.05. The molecule has 2 aromatic carbocycles. The number of carbonyl (C=O) groups is 1. The second-order valence-corrected chi connectivity index (χ2v) is 4.61. The van der Waals surface area contributed by atoms with Crippen molar-refractivity contribution < 1.29 is 19.6 Å². The lowest BCUT2D eigenvalue weighted by atomic mass is 10.1. The Morgan fingerprint density at radius 3 is 2.61 bits per heavy atom. The number of amides is 1. The van der Waals surface area contributed by atoms with Gasteiger partial charge in [-0.1, -0.05) is 24.3 Å². The highest BCUT2D eigenvalue weighted by molar-refractivity contribution is 5.84. The molecular formula is C16H14N2O5. The summed E-state index contributed by atoms with van der Waals surface area (Å²) in [5.74, 6) is 0.389. The summed E-state index contributed by atoms with van der Waals surface area (Å²) in [7, 11) is 1.44. The summed E-state index contributed by atoms with van der Waals surface area (Å²) in [4.78, 5) is 21.0. The zero-order valence-corrected chi connectivity index (χ0v) is 12.2. The van der Waals surface area contributed by atoms with Gasteiger partial charge in [0.15, 0.2) is 0 Å². The van der Waals surface area contributed by atoms with Gasteiger partial charge in [-0.05, 0) is 29.3 Å². The number of benzene rings is 2. The molecule has 0 aromatic heterocycles. The lowest BCUT2D eigenvalue weighted by Gasteiger charge is -2.03. The van der Waals surface area contributed by atoms with E-state index in [1.807, 2.05) is 0 Å². The van der Waals surface area contributed by atoms with Crippen LogP contribution in [0.25, 0.3) is 12.2 Å².